The Bertz CT molecular complexity index is 447. The molecule has 6 heteroatoms. The molecular formula is C13H21N3O2S. The molecule has 0 radical (unpaired) electrons. The molecule has 1 aromatic heterocycles. The predicted octanol–water partition coefficient (Wildman–Crippen LogP) is 0.900. The van der Waals surface area contributed by atoms with Crippen molar-refractivity contribution in [2.45, 2.75) is 20.3 Å². The van der Waals surface area contributed by atoms with Crippen LogP contribution in [0.2, 0.25) is 0 Å². The maximum atomic E-state index is 12.5. The van der Waals surface area contributed by atoms with Crippen LogP contribution in [0.3, 0.4) is 0 Å². The summed E-state index contributed by atoms with van der Waals surface area (Å²) in [6.07, 6.45) is 0.961. The largest absolute Gasteiger partial charge is 0.395 e. The first-order valence-corrected chi connectivity index (χ1v) is 7.50. The molecule has 1 aliphatic heterocycles. The van der Waals surface area contributed by atoms with E-state index in [0.717, 1.165) is 48.2 Å². The van der Waals surface area contributed by atoms with E-state index in [-0.39, 0.29) is 12.5 Å². The number of aliphatic hydroxyl groups is 1. The summed E-state index contributed by atoms with van der Waals surface area (Å²) >= 11 is 1.48. The van der Waals surface area contributed by atoms with Crippen molar-refractivity contribution in [3.8, 4) is 0 Å². The minimum absolute atomic E-state index is 0.106. The predicted molar refractivity (Wildman–Crippen MR) is 75.6 cm³/mol. The Labute approximate surface area is 117 Å². The van der Waals surface area contributed by atoms with Crippen LogP contribution in [0.1, 0.15) is 26.8 Å². The Morgan fingerprint density at radius 1 is 1.32 bits per heavy atom. The monoisotopic (exact) mass is 283 g/mol. The Morgan fingerprint density at radius 3 is 2.74 bits per heavy atom. The molecule has 5 nitrogen and oxygen atoms in total. The third kappa shape index (κ3) is 3.52. The first-order valence-electron chi connectivity index (χ1n) is 6.68. The minimum Gasteiger partial charge on any atom is -0.395 e. The lowest BCUT2D eigenvalue weighted by molar-refractivity contribution is 0.0764. The zero-order chi connectivity index (χ0) is 13.8. The second-order valence-electron chi connectivity index (χ2n) is 4.86. The van der Waals surface area contributed by atoms with Gasteiger partial charge in [-0.3, -0.25) is 9.69 Å². The van der Waals surface area contributed by atoms with Gasteiger partial charge in [0.15, 0.2) is 0 Å². The third-order valence-corrected chi connectivity index (χ3v) is 4.45. The molecule has 1 aromatic rings. The topological polar surface area (TPSA) is 56.7 Å². The van der Waals surface area contributed by atoms with E-state index in [2.05, 4.69) is 9.88 Å². The molecule has 1 N–H and O–H groups in total. The number of aryl methyl sites for hydroxylation is 2. The highest BCUT2D eigenvalue weighted by molar-refractivity contribution is 7.13. The van der Waals surface area contributed by atoms with E-state index in [4.69, 9.17) is 5.11 Å². The molecule has 19 heavy (non-hydrogen) atoms. The summed E-state index contributed by atoms with van der Waals surface area (Å²) in [5.74, 6) is 0.106. The standard InChI is InChI=1S/C13H21N3O2S/c1-10-12(19-11(2)14-10)13(18)16-5-3-4-15(6-7-16)8-9-17/h17H,3-9H2,1-2H3. The number of nitrogens with zero attached hydrogens (tertiary/aromatic N) is 3. The molecule has 0 bridgehead atoms. The highest BCUT2D eigenvalue weighted by Gasteiger charge is 2.23. The van der Waals surface area contributed by atoms with E-state index >= 15 is 0 Å². The third-order valence-electron chi connectivity index (χ3n) is 3.39. The first-order chi connectivity index (χ1) is 9.11. The smallest absolute Gasteiger partial charge is 0.265 e. The number of thiazole rings is 1. The average molecular weight is 283 g/mol. The molecule has 0 saturated carbocycles. The van der Waals surface area contributed by atoms with Gasteiger partial charge in [-0.1, -0.05) is 0 Å². The Hall–Kier alpha value is -0.980. The zero-order valence-electron chi connectivity index (χ0n) is 11.6. The number of amides is 1. The van der Waals surface area contributed by atoms with Gasteiger partial charge in [-0.05, 0) is 26.8 Å². The van der Waals surface area contributed by atoms with Crippen LogP contribution >= 0.6 is 11.3 Å². The Kier molecular flexibility index (Phi) is 4.90. The van der Waals surface area contributed by atoms with Crippen molar-refractivity contribution in [1.82, 2.24) is 14.8 Å². The number of aliphatic hydroxyl groups excluding tert-OH is 1. The summed E-state index contributed by atoms with van der Waals surface area (Å²) in [4.78, 5) is 21.7. The molecular weight excluding hydrogens is 262 g/mol. The van der Waals surface area contributed by atoms with Gasteiger partial charge in [0.1, 0.15) is 4.88 Å². The SMILES string of the molecule is Cc1nc(C)c(C(=O)N2CCCN(CCO)CC2)s1. The van der Waals surface area contributed by atoms with Crippen LogP contribution in [-0.4, -0.2) is 65.1 Å². The van der Waals surface area contributed by atoms with Gasteiger partial charge >= 0.3 is 0 Å². The van der Waals surface area contributed by atoms with Crippen molar-refractivity contribution in [3.05, 3.63) is 15.6 Å². The fraction of sp³-hybridized carbons (Fsp3) is 0.692. The summed E-state index contributed by atoms with van der Waals surface area (Å²) in [5.41, 5.74) is 0.837. The van der Waals surface area contributed by atoms with Crippen molar-refractivity contribution in [2.75, 3.05) is 39.3 Å². The van der Waals surface area contributed by atoms with Gasteiger partial charge in [-0.25, -0.2) is 4.98 Å². The number of aromatic nitrogens is 1. The highest BCUT2D eigenvalue weighted by Crippen LogP contribution is 2.20. The summed E-state index contributed by atoms with van der Waals surface area (Å²) in [7, 11) is 0. The average Bonchev–Trinajstić information content (AvgIpc) is 2.59. The molecule has 1 amide bonds. The van der Waals surface area contributed by atoms with E-state index in [9.17, 15) is 4.79 Å². The Balaban J connectivity index is 2.02. The molecule has 106 valence electrons. The van der Waals surface area contributed by atoms with Crippen LogP contribution in [0.25, 0.3) is 0 Å². The van der Waals surface area contributed by atoms with E-state index in [1.54, 1.807) is 0 Å². The van der Waals surface area contributed by atoms with Gasteiger partial charge < -0.3 is 10.0 Å². The van der Waals surface area contributed by atoms with Crippen molar-refractivity contribution in [3.63, 3.8) is 0 Å². The van der Waals surface area contributed by atoms with Crippen molar-refractivity contribution >= 4 is 17.2 Å². The van der Waals surface area contributed by atoms with Crippen molar-refractivity contribution in [1.29, 1.82) is 0 Å². The fourth-order valence-electron chi connectivity index (χ4n) is 2.41. The van der Waals surface area contributed by atoms with Crippen LogP contribution < -0.4 is 0 Å². The Morgan fingerprint density at radius 2 is 2.11 bits per heavy atom. The molecule has 0 spiro atoms. The molecule has 0 aliphatic carbocycles. The van der Waals surface area contributed by atoms with Crippen LogP contribution in [0, 0.1) is 13.8 Å². The quantitative estimate of drug-likeness (QED) is 0.895. The summed E-state index contributed by atoms with van der Waals surface area (Å²) < 4.78 is 0. The fourth-order valence-corrected chi connectivity index (χ4v) is 3.30. The lowest BCUT2D eigenvalue weighted by Gasteiger charge is -2.21. The van der Waals surface area contributed by atoms with Crippen LogP contribution in [0.5, 0.6) is 0 Å². The second kappa shape index (κ2) is 6.45. The van der Waals surface area contributed by atoms with E-state index < -0.39 is 0 Å². The number of hydrogen-bond donors (Lipinski definition) is 1. The minimum atomic E-state index is 0.106. The summed E-state index contributed by atoms with van der Waals surface area (Å²) in [6, 6.07) is 0. The number of carbonyl (C=O) groups excluding carboxylic acids is 1. The maximum absolute atomic E-state index is 12.5. The highest BCUT2D eigenvalue weighted by atomic mass is 32.1. The summed E-state index contributed by atoms with van der Waals surface area (Å²) in [6.45, 7) is 8.01. The van der Waals surface area contributed by atoms with Gasteiger partial charge in [-0.15, -0.1) is 11.3 Å². The first kappa shape index (κ1) is 14.4. The lowest BCUT2D eigenvalue weighted by atomic mass is 10.3. The van der Waals surface area contributed by atoms with Gasteiger partial charge in [0.2, 0.25) is 0 Å². The van der Waals surface area contributed by atoms with Crippen molar-refractivity contribution < 1.29 is 9.90 Å². The van der Waals surface area contributed by atoms with Crippen LogP contribution in [-0.2, 0) is 0 Å². The molecule has 0 atom stereocenters. The number of carbonyl (C=O) groups is 1. The lowest BCUT2D eigenvalue weighted by Crippen LogP contribution is -2.35. The van der Waals surface area contributed by atoms with E-state index in [0.29, 0.717) is 6.54 Å². The van der Waals surface area contributed by atoms with Crippen LogP contribution in [0.15, 0.2) is 0 Å². The molecule has 0 unspecified atom stereocenters. The molecule has 0 aromatic carbocycles. The number of β-amino-alcohol motifs (C(OH)–C–C–N with tert-alkyl or cyclic N) is 1. The van der Waals surface area contributed by atoms with Gasteiger partial charge in [0, 0.05) is 26.2 Å². The van der Waals surface area contributed by atoms with Crippen molar-refractivity contribution in [2.24, 2.45) is 0 Å². The second-order valence-corrected chi connectivity index (χ2v) is 6.06. The molecule has 2 heterocycles. The van der Waals surface area contributed by atoms with Gasteiger partial charge in [0.05, 0.1) is 17.3 Å². The normalized spacial score (nSPS) is 17.5. The van der Waals surface area contributed by atoms with E-state index in [1.807, 2.05) is 18.7 Å². The molecule has 2 rings (SSSR count). The number of rotatable bonds is 3. The summed E-state index contributed by atoms with van der Waals surface area (Å²) in [5, 5.41) is 9.92. The van der Waals surface area contributed by atoms with Gasteiger partial charge in [0.25, 0.3) is 5.91 Å². The number of hydrogen-bond acceptors (Lipinski definition) is 5. The molecule has 1 fully saturated rings. The molecule has 1 aliphatic rings. The van der Waals surface area contributed by atoms with Gasteiger partial charge in [-0.2, -0.15) is 0 Å². The van der Waals surface area contributed by atoms with Crippen LogP contribution in [0.4, 0.5) is 0 Å². The molecule has 1 saturated heterocycles. The van der Waals surface area contributed by atoms with E-state index in [1.165, 1.54) is 11.3 Å². The maximum Gasteiger partial charge on any atom is 0.265 e. The zero-order valence-corrected chi connectivity index (χ0v) is 12.4.